The van der Waals surface area contributed by atoms with Crippen molar-refractivity contribution in [1.29, 1.82) is 0 Å². The molecular formula is C23H34N2O6S. The Morgan fingerprint density at radius 3 is 2.59 bits per heavy atom. The Hall–Kier alpha value is -1.84. The predicted octanol–water partition coefficient (Wildman–Crippen LogP) is 2.42. The summed E-state index contributed by atoms with van der Waals surface area (Å²) in [6, 6.07) is 6.02. The number of hydrogen-bond donors (Lipinski definition) is 1. The lowest BCUT2D eigenvalue weighted by Crippen LogP contribution is -2.48. The molecule has 1 N–H and O–H groups in total. The van der Waals surface area contributed by atoms with Gasteiger partial charge in [0.25, 0.3) is 0 Å². The molecule has 3 aliphatic heterocycles. The molecule has 3 heterocycles. The van der Waals surface area contributed by atoms with E-state index in [1.165, 1.54) is 0 Å². The van der Waals surface area contributed by atoms with Gasteiger partial charge in [-0.2, -0.15) is 0 Å². The number of rotatable bonds is 8. The van der Waals surface area contributed by atoms with Crippen molar-refractivity contribution in [3.8, 4) is 11.5 Å². The molecule has 1 aromatic carbocycles. The molecule has 4 rings (SSSR count). The number of carbonyl (C=O) groups excluding carboxylic acids is 1. The maximum absolute atomic E-state index is 13.0. The minimum atomic E-state index is -3.21. The van der Waals surface area contributed by atoms with E-state index in [1.807, 2.05) is 19.1 Å². The van der Waals surface area contributed by atoms with Crippen LogP contribution < -0.4 is 14.8 Å². The molecular weight excluding hydrogens is 432 g/mol. The first-order valence-electron chi connectivity index (χ1n) is 11.7. The molecule has 0 saturated carbocycles. The number of unbranched alkanes of at least 4 members (excludes halogenated alkanes) is 1. The molecule has 0 aromatic heterocycles. The maximum Gasteiger partial charge on any atom is 0.231 e. The molecule has 0 unspecified atom stereocenters. The number of hydrogen-bond acceptors (Lipinski definition) is 6. The van der Waals surface area contributed by atoms with Crippen molar-refractivity contribution in [2.24, 2.45) is 5.92 Å². The maximum atomic E-state index is 13.0. The lowest BCUT2D eigenvalue weighted by Gasteiger charge is -2.38. The van der Waals surface area contributed by atoms with Gasteiger partial charge in [-0.25, -0.2) is 12.7 Å². The fourth-order valence-electron chi connectivity index (χ4n) is 4.81. The third-order valence-electron chi connectivity index (χ3n) is 7.01. The van der Waals surface area contributed by atoms with Gasteiger partial charge in [-0.1, -0.05) is 19.4 Å². The van der Waals surface area contributed by atoms with Crippen molar-refractivity contribution in [3.05, 3.63) is 23.8 Å². The average Bonchev–Trinajstić information content (AvgIpc) is 3.30. The normalized spacial score (nSPS) is 21.4. The highest BCUT2D eigenvalue weighted by Gasteiger charge is 2.37. The van der Waals surface area contributed by atoms with Gasteiger partial charge in [0.2, 0.25) is 22.7 Å². The number of nitrogens with zero attached hydrogens (tertiary/aromatic N) is 1. The van der Waals surface area contributed by atoms with E-state index in [2.05, 4.69) is 11.4 Å². The molecule has 0 aliphatic carbocycles. The molecule has 0 atom stereocenters. The van der Waals surface area contributed by atoms with Crippen molar-refractivity contribution < 1.29 is 27.4 Å². The number of amides is 1. The molecule has 3 aliphatic rings. The fourth-order valence-corrected chi connectivity index (χ4v) is 6.49. The molecule has 32 heavy (non-hydrogen) atoms. The second-order valence-corrected chi connectivity index (χ2v) is 11.1. The molecule has 0 spiro atoms. The van der Waals surface area contributed by atoms with Gasteiger partial charge in [0.1, 0.15) is 0 Å². The van der Waals surface area contributed by atoms with Gasteiger partial charge in [-0.3, -0.25) is 4.79 Å². The lowest BCUT2D eigenvalue weighted by atomic mass is 9.74. The summed E-state index contributed by atoms with van der Waals surface area (Å²) in [5.74, 6) is 1.56. The molecule has 9 heteroatoms. The predicted molar refractivity (Wildman–Crippen MR) is 120 cm³/mol. The topological polar surface area (TPSA) is 94.2 Å². The highest BCUT2D eigenvalue weighted by atomic mass is 32.2. The van der Waals surface area contributed by atoms with Crippen LogP contribution in [0.3, 0.4) is 0 Å². The average molecular weight is 467 g/mol. The summed E-state index contributed by atoms with van der Waals surface area (Å²) in [7, 11) is -3.21. The third kappa shape index (κ3) is 5.05. The smallest absolute Gasteiger partial charge is 0.231 e. The van der Waals surface area contributed by atoms with E-state index in [0.717, 1.165) is 36.3 Å². The van der Waals surface area contributed by atoms with Crippen LogP contribution in [0.15, 0.2) is 18.2 Å². The first kappa shape index (κ1) is 23.3. The first-order chi connectivity index (χ1) is 15.4. The quantitative estimate of drug-likeness (QED) is 0.632. The van der Waals surface area contributed by atoms with Crippen LogP contribution in [0.4, 0.5) is 0 Å². The number of carbonyl (C=O) groups is 1. The highest BCUT2D eigenvalue weighted by molar-refractivity contribution is 7.89. The number of piperidine rings is 1. The summed E-state index contributed by atoms with van der Waals surface area (Å²) in [5, 5.41) is 3.18. The van der Waals surface area contributed by atoms with Gasteiger partial charge in [-0.15, -0.1) is 0 Å². The van der Waals surface area contributed by atoms with Gasteiger partial charge in [-0.05, 0) is 49.8 Å². The standard InChI is InChI=1S/C23H34N2O6S/c1-2-3-14-32(27,28)25-10-6-18(7-11-25)22(26)24-16-23(8-12-29-13-9-23)19-4-5-20-21(15-19)31-17-30-20/h4-5,15,18H,2-3,6-14,16-17H2,1H3,(H,24,26). The number of benzene rings is 1. The molecule has 1 aromatic rings. The Morgan fingerprint density at radius 2 is 1.88 bits per heavy atom. The second kappa shape index (κ2) is 9.97. The zero-order valence-electron chi connectivity index (χ0n) is 18.8. The second-order valence-electron chi connectivity index (χ2n) is 9.02. The van der Waals surface area contributed by atoms with Crippen LogP contribution in [0, 0.1) is 5.92 Å². The summed E-state index contributed by atoms with van der Waals surface area (Å²) in [5.41, 5.74) is 0.918. The zero-order chi connectivity index (χ0) is 22.6. The molecule has 1 amide bonds. The van der Waals surface area contributed by atoms with Crippen LogP contribution >= 0.6 is 0 Å². The summed E-state index contributed by atoms with van der Waals surface area (Å²) in [6.45, 7) is 4.90. The van der Waals surface area contributed by atoms with Crippen LogP contribution in [-0.2, 0) is 25.0 Å². The fraction of sp³-hybridized carbons (Fsp3) is 0.696. The zero-order valence-corrected chi connectivity index (χ0v) is 19.6. The summed E-state index contributed by atoms with van der Waals surface area (Å²) in [4.78, 5) is 13.0. The van der Waals surface area contributed by atoms with Gasteiger partial charge >= 0.3 is 0 Å². The van der Waals surface area contributed by atoms with Crippen LogP contribution in [0.25, 0.3) is 0 Å². The number of nitrogens with one attached hydrogen (secondary N) is 1. The van der Waals surface area contributed by atoms with E-state index in [9.17, 15) is 13.2 Å². The van der Waals surface area contributed by atoms with Gasteiger partial charge in [0.15, 0.2) is 11.5 Å². The van der Waals surface area contributed by atoms with Crippen molar-refractivity contribution >= 4 is 15.9 Å². The molecule has 2 fully saturated rings. The van der Waals surface area contributed by atoms with Gasteiger partial charge < -0.3 is 19.5 Å². The third-order valence-corrected chi connectivity index (χ3v) is 8.97. The largest absolute Gasteiger partial charge is 0.454 e. The Kier molecular flexibility index (Phi) is 7.27. The van der Waals surface area contributed by atoms with Crippen molar-refractivity contribution in [1.82, 2.24) is 9.62 Å². The molecule has 2 saturated heterocycles. The Morgan fingerprint density at radius 1 is 1.16 bits per heavy atom. The van der Waals surface area contributed by atoms with E-state index in [0.29, 0.717) is 52.1 Å². The van der Waals surface area contributed by atoms with Crippen LogP contribution in [-0.4, -0.2) is 64.0 Å². The summed E-state index contributed by atoms with van der Waals surface area (Å²) < 4.78 is 43.0. The van der Waals surface area contributed by atoms with Crippen LogP contribution in [0.2, 0.25) is 0 Å². The Labute approximate surface area is 190 Å². The van der Waals surface area contributed by atoms with Crippen molar-refractivity contribution in [2.45, 2.75) is 50.9 Å². The summed E-state index contributed by atoms with van der Waals surface area (Å²) in [6.07, 6.45) is 4.30. The van der Waals surface area contributed by atoms with E-state index in [1.54, 1.807) is 4.31 Å². The molecule has 0 radical (unpaired) electrons. The van der Waals surface area contributed by atoms with Gasteiger partial charge in [0.05, 0.1) is 5.75 Å². The number of ether oxygens (including phenoxy) is 3. The van der Waals surface area contributed by atoms with E-state index in [-0.39, 0.29) is 29.8 Å². The molecule has 178 valence electrons. The van der Waals surface area contributed by atoms with Crippen molar-refractivity contribution in [3.63, 3.8) is 0 Å². The molecule has 8 nitrogen and oxygen atoms in total. The first-order valence-corrected chi connectivity index (χ1v) is 13.3. The highest BCUT2D eigenvalue weighted by Crippen LogP contribution is 2.40. The minimum absolute atomic E-state index is 0.0159. The van der Waals surface area contributed by atoms with E-state index in [4.69, 9.17) is 14.2 Å². The Bertz CT molecular complexity index is 905. The van der Waals surface area contributed by atoms with E-state index >= 15 is 0 Å². The van der Waals surface area contributed by atoms with Crippen molar-refractivity contribution in [2.75, 3.05) is 45.4 Å². The lowest BCUT2D eigenvalue weighted by molar-refractivity contribution is -0.126. The minimum Gasteiger partial charge on any atom is -0.454 e. The SMILES string of the molecule is CCCCS(=O)(=O)N1CCC(C(=O)NCC2(c3ccc4c(c3)OCO4)CCOCC2)CC1. The van der Waals surface area contributed by atoms with E-state index < -0.39 is 10.0 Å². The van der Waals surface area contributed by atoms with Crippen LogP contribution in [0.1, 0.15) is 51.0 Å². The molecule has 0 bridgehead atoms. The summed E-state index contributed by atoms with van der Waals surface area (Å²) >= 11 is 0. The number of sulfonamides is 1. The monoisotopic (exact) mass is 466 g/mol. The van der Waals surface area contributed by atoms with Crippen LogP contribution in [0.5, 0.6) is 11.5 Å². The Balaban J connectivity index is 1.36. The van der Waals surface area contributed by atoms with Gasteiger partial charge in [0, 0.05) is 44.2 Å². The number of fused-ring (bicyclic) bond motifs is 1.